The van der Waals surface area contributed by atoms with Crippen molar-refractivity contribution in [2.45, 2.75) is 23.8 Å². The molecule has 0 aromatic heterocycles. The van der Waals surface area contributed by atoms with Gasteiger partial charge in [-0.15, -0.1) is 11.8 Å². The third-order valence-electron chi connectivity index (χ3n) is 4.85. The highest BCUT2D eigenvalue weighted by atomic mass is 32.2. The molecule has 1 atom stereocenters. The number of ether oxygens (including phenoxy) is 4. The first kappa shape index (κ1) is 24.4. The van der Waals surface area contributed by atoms with Crippen molar-refractivity contribution in [3.8, 4) is 11.5 Å². The minimum absolute atomic E-state index is 0.180. The molecule has 0 saturated carbocycles. The van der Waals surface area contributed by atoms with Crippen LogP contribution >= 0.6 is 11.8 Å². The Hall–Kier alpha value is -3.24. The zero-order valence-electron chi connectivity index (χ0n) is 18.4. The van der Waals surface area contributed by atoms with Crippen LogP contribution in [0.1, 0.15) is 33.6 Å². The summed E-state index contributed by atoms with van der Waals surface area (Å²) < 4.78 is 21.0. The molecule has 2 amide bonds. The molecule has 1 heterocycles. The fraction of sp³-hybridized carbons (Fsp3) is 0.348. The molecule has 0 bridgehead atoms. The lowest BCUT2D eigenvalue weighted by molar-refractivity contribution is -0.125. The van der Waals surface area contributed by atoms with E-state index in [1.807, 2.05) is 12.1 Å². The van der Waals surface area contributed by atoms with Gasteiger partial charge in [-0.25, -0.2) is 4.79 Å². The third kappa shape index (κ3) is 6.87. The molecule has 3 rings (SSSR count). The first-order valence-corrected chi connectivity index (χ1v) is 11.3. The molecule has 0 aliphatic carbocycles. The average molecular weight is 475 g/mol. The van der Waals surface area contributed by atoms with Crippen molar-refractivity contribution in [3.63, 3.8) is 0 Å². The maximum atomic E-state index is 12.5. The minimum Gasteiger partial charge on any atom is -0.493 e. The van der Waals surface area contributed by atoms with Gasteiger partial charge in [0, 0.05) is 22.8 Å². The van der Waals surface area contributed by atoms with Crippen molar-refractivity contribution in [2.24, 2.45) is 0 Å². The first-order chi connectivity index (χ1) is 16.0. The molecule has 33 heavy (non-hydrogen) atoms. The Morgan fingerprint density at radius 2 is 1.85 bits per heavy atom. The number of benzene rings is 2. The summed E-state index contributed by atoms with van der Waals surface area (Å²) in [4.78, 5) is 37.6. The third-order valence-corrected chi connectivity index (χ3v) is 6.06. The fourth-order valence-corrected chi connectivity index (χ4v) is 4.25. The molecule has 1 fully saturated rings. The number of hydrogen-bond donors (Lipinski definition) is 2. The number of hydrazine groups is 1. The van der Waals surface area contributed by atoms with E-state index in [0.29, 0.717) is 17.1 Å². The summed E-state index contributed by atoms with van der Waals surface area (Å²) in [6.45, 7) is 0.225. The number of esters is 1. The van der Waals surface area contributed by atoms with Gasteiger partial charge in [0.25, 0.3) is 11.8 Å². The summed E-state index contributed by atoms with van der Waals surface area (Å²) in [7, 11) is 2.94. The molecule has 1 unspecified atom stereocenters. The van der Waals surface area contributed by atoms with Crippen molar-refractivity contribution in [1.82, 2.24) is 10.9 Å². The van der Waals surface area contributed by atoms with Crippen molar-refractivity contribution < 1.29 is 33.3 Å². The van der Waals surface area contributed by atoms with E-state index in [9.17, 15) is 14.4 Å². The second-order valence-corrected chi connectivity index (χ2v) is 8.15. The Morgan fingerprint density at radius 1 is 1.06 bits per heavy atom. The lowest BCUT2D eigenvalue weighted by atomic mass is 10.2. The molecule has 1 aliphatic rings. The number of methoxy groups -OCH3 is 2. The number of amides is 2. The van der Waals surface area contributed by atoms with Gasteiger partial charge in [-0.1, -0.05) is 12.1 Å². The standard InChI is InChI=1S/C23H26N2O7S/c1-29-18-10-9-15(12-19(18)30-2)22(27)25-24-21(26)13-32-23(28)17-7-3-4-8-20(17)33-14-16-6-5-11-31-16/h3-4,7-10,12,16H,5-6,11,13-14H2,1-2H3,(H,24,26)(H,25,27). The van der Waals surface area contributed by atoms with Crippen molar-refractivity contribution >= 4 is 29.5 Å². The van der Waals surface area contributed by atoms with Crippen LogP contribution in [0.25, 0.3) is 0 Å². The summed E-state index contributed by atoms with van der Waals surface area (Å²) in [6.07, 6.45) is 2.24. The lowest BCUT2D eigenvalue weighted by Gasteiger charge is -2.12. The van der Waals surface area contributed by atoms with Gasteiger partial charge in [0.05, 0.1) is 25.9 Å². The van der Waals surface area contributed by atoms with Crippen LogP contribution in [0.15, 0.2) is 47.4 Å². The molecule has 2 N–H and O–H groups in total. The normalized spacial score (nSPS) is 14.9. The number of hydrogen-bond acceptors (Lipinski definition) is 8. The van der Waals surface area contributed by atoms with Crippen LogP contribution in [-0.4, -0.2) is 57.1 Å². The summed E-state index contributed by atoms with van der Waals surface area (Å²) in [5, 5.41) is 0. The van der Waals surface area contributed by atoms with Crippen molar-refractivity contribution in [3.05, 3.63) is 53.6 Å². The van der Waals surface area contributed by atoms with Crippen LogP contribution in [0.3, 0.4) is 0 Å². The van der Waals surface area contributed by atoms with Crippen molar-refractivity contribution in [2.75, 3.05) is 33.2 Å². The van der Waals surface area contributed by atoms with E-state index >= 15 is 0 Å². The fourth-order valence-electron chi connectivity index (χ4n) is 3.14. The molecule has 1 saturated heterocycles. The maximum absolute atomic E-state index is 12.5. The van der Waals surface area contributed by atoms with Crippen LogP contribution < -0.4 is 20.3 Å². The Kier molecular flexibility index (Phi) is 8.96. The predicted molar refractivity (Wildman–Crippen MR) is 122 cm³/mol. The van der Waals surface area contributed by atoms with E-state index in [1.165, 1.54) is 38.1 Å². The molecular weight excluding hydrogens is 448 g/mol. The predicted octanol–water partition coefficient (Wildman–Crippen LogP) is 2.59. The zero-order valence-corrected chi connectivity index (χ0v) is 19.2. The number of thioether (sulfide) groups is 1. The van der Waals surface area contributed by atoms with Crippen molar-refractivity contribution in [1.29, 1.82) is 0 Å². The molecule has 9 nitrogen and oxygen atoms in total. The topological polar surface area (TPSA) is 112 Å². The average Bonchev–Trinajstić information content (AvgIpc) is 3.38. The highest BCUT2D eigenvalue weighted by molar-refractivity contribution is 7.99. The SMILES string of the molecule is COc1ccc(C(=O)NNC(=O)COC(=O)c2ccccc2SCC2CCCO2)cc1OC. The summed E-state index contributed by atoms with van der Waals surface area (Å²) in [5.74, 6) is -0.270. The monoisotopic (exact) mass is 474 g/mol. The van der Waals surface area contributed by atoms with E-state index in [4.69, 9.17) is 18.9 Å². The van der Waals surface area contributed by atoms with Gasteiger partial charge in [0.15, 0.2) is 18.1 Å². The first-order valence-electron chi connectivity index (χ1n) is 10.3. The van der Waals surface area contributed by atoms with Crippen LogP contribution in [-0.2, 0) is 14.3 Å². The molecule has 0 radical (unpaired) electrons. The van der Waals surface area contributed by atoms with E-state index in [1.54, 1.807) is 18.2 Å². The maximum Gasteiger partial charge on any atom is 0.339 e. The molecule has 2 aromatic carbocycles. The van der Waals surface area contributed by atoms with E-state index in [0.717, 1.165) is 30.1 Å². The molecule has 1 aliphatic heterocycles. The van der Waals surface area contributed by atoms with Gasteiger partial charge < -0.3 is 18.9 Å². The van der Waals surface area contributed by atoms with Crippen LogP contribution in [0.5, 0.6) is 11.5 Å². The Bertz CT molecular complexity index is 993. The van der Waals surface area contributed by atoms with Crippen LogP contribution in [0.4, 0.5) is 0 Å². The number of rotatable bonds is 9. The van der Waals surface area contributed by atoms with E-state index in [-0.39, 0.29) is 11.7 Å². The summed E-state index contributed by atoms with van der Waals surface area (Å²) in [5.41, 5.74) is 5.12. The molecule has 10 heteroatoms. The Balaban J connectivity index is 1.48. The summed E-state index contributed by atoms with van der Waals surface area (Å²) >= 11 is 1.52. The zero-order chi connectivity index (χ0) is 23.6. The van der Waals surface area contributed by atoms with E-state index in [2.05, 4.69) is 10.9 Å². The van der Waals surface area contributed by atoms with Gasteiger partial charge in [-0.2, -0.15) is 0 Å². The minimum atomic E-state index is -0.679. The Morgan fingerprint density at radius 3 is 2.58 bits per heavy atom. The van der Waals surface area contributed by atoms with Gasteiger partial charge >= 0.3 is 5.97 Å². The number of carbonyl (C=O) groups is 3. The molecule has 2 aromatic rings. The number of carbonyl (C=O) groups excluding carboxylic acids is 3. The summed E-state index contributed by atoms with van der Waals surface area (Å²) in [6, 6.07) is 11.6. The lowest BCUT2D eigenvalue weighted by Crippen LogP contribution is -2.43. The quantitative estimate of drug-likeness (QED) is 0.324. The Labute approximate surface area is 196 Å². The van der Waals surface area contributed by atoms with Crippen LogP contribution in [0.2, 0.25) is 0 Å². The molecule has 176 valence electrons. The van der Waals surface area contributed by atoms with Gasteiger partial charge in [0.1, 0.15) is 0 Å². The van der Waals surface area contributed by atoms with Gasteiger partial charge in [-0.05, 0) is 43.2 Å². The highest BCUT2D eigenvalue weighted by Gasteiger charge is 2.19. The van der Waals surface area contributed by atoms with E-state index < -0.39 is 24.4 Å². The largest absolute Gasteiger partial charge is 0.493 e. The smallest absolute Gasteiger partial charge is 0.339 e. The molecule has 0 spiro atoms. The number of nitrogens with one attached hydrogen (secondary N) is 2. The van der Waals surface area contributed by atoms with Gasteiger partial charge in [-0.3, -0.25) is 20.4 Å². The highest BCUT2D eigenvalue weighted by Crippen LogP contribution is 2.28. The van der Waals surface area contributed by atoms with Crippen LogP contribution in [0, 0.1) is 0 Å². The molecular formula is C23H26N2O7S. The van der Waals surface area contributed by atoms with Gasteiger partial charge in [0.2, 0.25) is 0 Å². The second kappa shape index (κ2) is 12.1. The second-order valence-electron chi connectivity index (χ2n) is 7.09.